The van der Waals surface area contributed by atoms with Crippen molar-refractivity contribution in [1.29, 1.82) is 0 Å². The van der Waals surface area contributed by atoms with E-state index in [-0.39, 0.29) is 0 Å². The summed E-state index contributed by atoms with van der Waals surface area (Å²) in [4.78, 5) is 3.97. The molecular weight excluding hydrogens is 228 g/mol. The van der Waals surface area contributed by atoms with E-state index < -0.39 is 0 Å². The van der Waals surface area contributed by atoms with Crippen LogP contribution in [-0.4, -0.2) is 42.9 Å². The third-order valence-electron chi connectivity index (χ3n) is 3.35. The molecule has 1 N–H and O–H groups in total. The maximum Gasteiger partial charge on any atom is 0.0345 e. The van der Waals surface area contributed by atoms with Crippen molar-refractivity contribution in [2.75, 3.05) is 31.9 Å². The average molecular weight is 250 g/mol. The van der Waals surface area contributed by atoms with Gasteiger partial charge in [-0.2, -0.15) is 0 Å². The van der Waals surface area contributed by atoms with Crippen LogP contribution in [-0.2, 0) is 0 Å². The molecule has 2 rings (SSSR count). The summed E-state index contributed by atoms with van der Waals surface area (Å²) in [5, 5.41) is 3.34. The summed E-state index contributed by atoms with van der Waals surface area (Å²) in [6.07, 6.45) is 0. The van der Waals surface area contributed by atoms with Crippen molar-refractivity contribution >= 4 is 11.8 Å². The first kappa shape index (κ1) is 12.9. The second kappa shape index (κ2) is 6.43. The SMILES string of the molecule is CCN(CCSc1ccc(C)cc1)C1CNC1. The van der Waals surface area contributed by atoms with E-state index in [9.17, 15) is 0 Å². The Morgan fingerprint density at radius 1 is 1.29 bits per heavy atom. The van der Waals surface area contributed by atoms with E-state index in [2.05, 4.69) is 48.3 Å². The van der Waals surface area contributed by atoms with Gasteiger partial charge in [0.15, 0.2) is 0 Å². The number of hydrogen-bond acceptors (Lipinski definition) is 3. The molecule has 3 heteroatoms. The number of nitrogens with zero attached hydrogens (tertiary/aromatic N) is 1. The van der Waals surface area contributed by atoms with Crippen LogP contribution in [0.15, 0.2) is 29.2 Å². The molecule has 0 aromatic heterocycles. The highest BCUT2D eigenvalue weighted by Gasteiger charge is 2.22. The molecule has 17 heavy (non-hydrogen) atoms. The highest BCUT2D eigenvalue weighted by Crippen LogP contribution is 2.18. The van der Waals surface area contributed by atoms with E-state index in [1.165, 1.54) is 42.4 Å². The van der Waals surface area contributed by atoms with Crippen molar-refractivity contribution in [2.24, 2.45) is 0 Å². The Balaban J connectivity index is 1.72. The second-order valence-corrected chi connectivity index (χ2v) is 5.77. The number of rotatable bonds is 6. The zero-order valence-electron chi connectivity index (χ0n) is 10.8. The fraction of sp³-hybridized carbons (Fsp3) is 0.571. The Morgan fingerprint density at radius 2 is 2.00 bits per heavy atom. The van der Waals surface area contributed by atoms with Gasteiger partial charge in [0, 0.05) is 36.3 Å². The summed E-state index contributed by atoms with van der Waals surface area (Å²) >= 11 is 1.96. The van der Waals surface area contributed by atoms with E-state index in [1.807, 2.05) is 11.8 Å². The van der Waals surface area contributed by atoms with Crippen LogP contribution in [0, 0.1) is 6.92 Å². The number of likely N-dealkylation sites (N-methyl/N-ethyl adjacent to an activating group) is 1. The number of benzene rings is 1. The van der Waals surface area contributed by atoms with Crippen LogP contribution in [0.3, 0.4) is 0 Å². The first-order valence-corrected chi connectivity index (χ1v) is 7.42. The first-order valence-electron chi connectivity index (χ1n) is 6.44. The molecule has 0 unspecified atom stereocenters. The van der Waals surface area contributed by atoms with E-state index in [4.69, 9.17) is 0 Å². The zero-order valence-corrected chi connectivity index (χ0v) is 11.6. The van der Waals surface area contributed by atoms with E-state index in [1.54, 1.807) is 0 Å². The Hall–Kier alpha value is -0.510. The van der Waals surface area contributed by atoms with Crippen molar-refractivity contribution in [3.05, 3.63) is 29.8 Å². The lowest BCUT2D eigenvalue weighted by Crippen LogP contribution is -2.57. The van der Waals surface area contributed by atoms with E-state index in [0.29, 0.717) is 0 Å². The highest BCUT2D eigenvalue weighted by molar-refractivity contribution is 7.99. The van der Waals surface area contributed by atoms with Gasteiger partial charge < -0.3 is 5.32 Å². The van der Waals surface area contributed by atoms with Gasteiger partial charge in [-0.1, -0.05) is 24.6 Å². The van der Waals surface area contributed by atoms with Gasteiger partial charge in [-0.15, -0.1) is 11.8 Å². The number of hydrogen-bond donors (Lipinski definition) is 1. The van der Waals surface area contributed by atoms with Gasteiger partial charge >= 0.3 is 0 Å². The van der Waals surface area contributed by atoms with Gasteiger partial charge in [-0.05, 0) is 25.6 Å². The number of aryl methyl sites for hydroxylation is 1. The van der Waals surface area contributed by atoms with Crippen LogP contribution >= 0.6 is 11.8 Å². The Bertz CT molecular complexity index is 333. The Morgan fingerprint density at radius 3 is 2.53 bits per heavy atom. The average Bonchev–Trinajstić information content (AvgIpc) is 2.28. The van der Waals surface area contributed by atoms with Crippen LogP contribution in [0.5, 0.6) is 0 Å². The molecule has 94 valence electrons. The van der Waals surface area contributed by atoms with Crippen LogP contribution in [0.1, 0.15) is 12.5 Å². The molecule has 0 atom stereocenters. The molecule has 0 radical (unpaired) electrons. The standard InChI is InChI=1S/C14H22N2S/c1-3-16(13-10-15-11-13)8-9-17-14-6-4-12(2)5-7-14/h4-7,13,15H,3,8-11H2,1-2H3. The van der Waals surface area contributed by atoms with Gasteiger partial charge in [-0.3, -0.25) is 4.90 Å². The normalized spacial score (nSPS) is 16.2. The first-order chi connectivity index (χ1) is 8.29. The molecule has 1 fully saturated rings. The zero-order chi connectivity index (χ0) is 12.1. The maximum absolute atomic E-state index is 3.34. The van der Waals surface area contributed by atoms with Crippen molar-refractivity contribution in [2.45, 2.75) is 24.8 Å². The van der Waals surface area contributed by atoms with Gasteiger partial charge in [0.05, 0.1) is 0 Å². The van der Waals surface area contributed by atoms with Crippen molar-refractivity contribution in [3.63, 3.8) is 0 Å². The van der Waals surface area contributed by atoms with Crippen molar-refractivity contribution in [3.8, 4) is 0 Å². The molecule has 1 saturated heterocycles. The topological polar surface area (TPSA) is 15.3 Å². The molecule has 0 amide bonds. The predicted molar refractivity (Wildman–Crippen MR) is 75.8 cm³/mol. The summed E-state index contributed by atoms with van der Waals surface area (Å²) in [7, 11) is 0. The number of nitrogens with one attached hydrogen (secondary N) is 1. The quantitative estimate of drug-likeness (QED) is 0.780. The molecular formula is C14H22N2S. The van der Waals surface area contributed by atoms with Crippen LogP contribution in [0.2, 0.25) is 0 Å². The maximum atomic E-state index is 3.34. The fourth-order valence-electron chi connectivity index (χ4n) is 2.05. The summed E-state index contributed by atoms with van der Waals surface area (Å²) in [6, 6.07) is 9.60. The predicted octanol–water partition coefficient (Wildman–Crippen LogP) is 2.38. The lowest BCUT2D eigenvalue weighted by atomic mass is 10.1. The lowest BCUT2D eigenvalue weighted by molar-refractivity contribution is 0.162. The number of thioether (sulfide) groups is 1. The van der Waals surface area contributed by atoms with Gasteiger partial charge in [0.25, 0.3) is 0 Å². The molecule has 0 spiro atoms. The molecule has 1 aromatic rings. The molecule has 0 aliphatic carbocycles. The lowest BCUT2D eigenvalue weighted by Gasteiger charge is -2.37. The largest absolute Gasteiger partial charge is 0.314 e. The van der Waals surface area contributed by atoms with Crippen LogP contribution < -0.4 is 5.32 Å². The third kappa shape index (κ3) is 3.73. The fourth-order valence-corrected chi connectivity index (χ4v) is 2.94. The Labute approximate surface area is 109 Å². The summed E-state index contributed by atoms with van der Waals surface area (Å²) in [5.41, 5.74) is 1.34. The Kier molecular flexibility index (Phi) is 4.89. The molecule has 1 aliphatic heterocycles. The minimum Gasteiger partial charge on any atom is -0.314 e. The second-order valence-electron chi connectivity index (χ2n) is 4.60. The molecule has 1 aromatic carbocycles. The van der Waals surface area contributed by atoms with Gasteiger partial charge in [0.1, 0.15) is 0 Å². The summed E-state index contributed by atoms with van der Waals surface area (Å²) in [5.74, 6) is 1.19. The molecule has 1 aliphatic rings. The highest BCUT2D eigenvalue weighted by atomic mass is 32.2. The minimum atomic E-state index is 0.776. The van der Waals surface area contributed by atoms with Crippen LogP contribution in [0.4, 0.5) is 0 Å². The van der Waals surface area contributed by atoms with Crippen LogP contribution in [0.25, 0.3) is 0 Å². The van der Waals surface area contributed by atoms with Crippen molar-refractivity contribution < 1.29 is 0 Å². The molecule has 2 nitrogen and oxygen atoms in total. The van der Waals surface area contributed by atoms with E-state index in [0.717, 1.165) is 6.04 Å². The molecule has 0 saturated carbocycles. The van der Waals surface area contributed by atoms with Gasteiger partial charge in [0.2, 0.25) is 0 Å². The summed E-state index contributed by atoms with van der Waals surface area (Å²) in [6.45, 7) is 9.10. The monoisotopic (exact) mass is 250 g/mol. The van der Waals surface area contributed by atoms with Gasteiger partial charge in [-0.25, -0.2) is 0 Å². The molecule has 1 heterocycles. The van der Waals surface area contributed by atoms with Crippen molar-refractivity contribution in [1.82, 2.24) is 10.2 Å². The smallest absolute Gasteiger partial charge is 0.0345 e. The van der Waals surface area contributed by atoms with E-state index >= 15 is 0 Å². The summed E-state index contributed by atoms with van der Waals surface area (Å²) < 4.78 is 0. The minimum absolute atomic E-state index is 0.776. The third-order valence-corrected chi connectivity index (χ3v) is 4.34. The molecule has 0 bridgehead atoms.